The van der Waals surface area contributed by atoms with E-state index in [0.717, 1.165) is 12.5 Å². The fourth-order valence-corrected chi connectivity index (χ4v) is 3.09. The highest BCUT2D eigenvalue weighted by Crippen LogP contribution is 2.27. The van der Waals surface area contributed by atoms with Crippen LogP contribution >= 0.6 is 0 Å². The second-order valence-corrected chi connectivity index (χ2v) is 7.05. The maximum absolute atomic E-state index is 3.61. The number of nitrogens with one attached hydrogen (secondary N) is 1. The van der Waals surface area contributed by atoms with Crippen molar-refractivity contribution >= 4 is 0 Å². The van der Waals surface area contributed by atoms with Crippen LogP contribution in [0.5, 0.6) is 0 Å². The molecular weight excluding hydrogens is 220 g/mol. The van der Waals surface area contributed by atoms with Gasteiger partial charge in [-0.25, -0.2) is 0 Å². The highest BCUT2D eigenvalue weighted by molar-refractivity contribution is 4.81. The topological polar surface area (TPSA) is 15.3 Å². The Morgan fingerprint density at radius 2 is 1.89 bits per heavy atom. The lowest BCUT2D eigenvalue weighted by atomic mass is 9.86. The minimum atomic E-state index is 0.414. The molecule has 1 unspecified atom stereocenters. The standard InChI is InChI=1S/C16H34N2/c1-6-16(4,12-17-14(2)3)13-18(5)11-15-9-7-8-10-15/h14-15,17H,6-13H2,1-5H3. The molecular formula is C16H34N2. The van der Waals surface area contributed by atoms with Crippen LogP contribution in [-0.4, -0.2) is 37.6 Å². The molecule has 1 N–H and O–H groups in total. The maximum Gasteiger partial charge on any atom is 0.00444 e. The third-order valence-electron chi connectivity index (χ3n) is 4.49. The van der Waals surface area contributed by atoms with Crippen LogP contribution in [0.15, 0.2) is 0 Å². The molecule has 0 aliphatic heterocycles. The molecule has 1 rings (SSSR count). The van der Waals surface area contributed by atoms with Gasteiger partial charge in [0.25, 0.3) is 0 Å². The Morgan fingerprint density at radius 3 is 2.39 bits per heavy atom. The van der Waals surface area contributed by atoms with Gasteiger partial charge in [-0.3, -0.25) is 0 Å². The first-order chi connectivity index (χ1) is 8.45. The SMILES string of the molecule is CCC(C)(CNC(C)C)CN(C)CC1CCCC1. The van der Waals surface area contributed by atoms with Crippen LogP contribution in [0, 0.1) is 11.3 Å². The zero-order valence-electron chi connectivity index (χ0n) is 13.3. The molecule has 1 aliphatic carbocycles. The molecule has 18 heavy (non-hydrogen) atoms. The van der Waals surface area contributed by atoms with Gasteiger partial charge in [-0.2, -0.15) is 0 Å². The van der Waals surface area contributed by atoms with Crippen LogP contribution < -0.4 is 5.32 Å². The minimum absolute atomic E-state index is 0.414. The first-order valence-electron chi connectivity index (χ1n) is 7.87. The van der Waals surface area contributed by atoms with Gasteiger partial charge >= 0.3 is 0 Å². The summed E-state index contributed by atoms with van der Waals surface area (Å²) in [6, 6.07) is 0.594. The summed E-state index contributed by atoms with van der Waals surface area (Å²) in [6.45, 7) is 12.9. The zero-order chi connectivity index (χ0) is 13.6. The van der Waals surface area contributed by atoms with E-state index in [0.29, 0.717) is 11.5 Å². The molecule has 0 aromatic rings. The van der Waals surface area contributed by atoms with Crippen molar-refractivity contribution in [1.29, 1.82) is 0 Å². The van der Waals surface area contributed by atoms with E-state index in [1.807, 2.05) is 0 Å². The molecule has 1 atom stereocenters. The molecule has 0 radical (unpaired) electrons. The van der Waals surface area contributed by atoms with Crippen LogP contribution in [0.2, 0.25) is 0 Å². The van der Waals surface area contributed by atoms with Gasteiger partial charge in [-0.15, -0.1) is 0 Å². The lowest BCUT2D eigenvalue weighted by molar-refractivity contribution is 0.160. The summed E-state index contributed by atoms with van der Waals surface area (Å²) in [4.78, 5) is 2.57. The van der Waals surface area contributed by atoms with Gasteiger partial charge in [0.05, 0.1) is 0 Å². The van der Waals surface area contributed by atoms with Gasteiger partial charge in [0.2, 0.25) is 0 Å². The molecule has 1 saturated carbocycles. The Kier molecular flexibility index (Phi) is 6.65. The summed E-state index contributed by atoms with van der Waals surface area (Å²) in [5, 5.41) is 3.61. The van der Waals surface area contributed by atoms with E-state index in [-0.39, 0.29) is 0 Å². The summed E-state index contributed by atoms with van der Waals surface area (Å²) in [6.07, 6.45) is 7.08. The second-order valence-electron chi connectivity index (χ2n) is 7.05. The van der Waals surface area contributed by atoms with Crippen molar-refractivity contribution in [2.45, 2.75) is 65.8 Å². The lowest BCUT2D eigenvalue weighted by Gasteiger charge is -2.35. The largest absolute Gasteiger partial charge is 0.314 e. The normalized spacial score (nSPS) is 20.8. The first-order valence-corrected chi connectivity index (χ1v) is 7.87. The highest BCUT2D eigenvalue weighted by Gasteiger charge is 2.25. The summed E-state index contributed by atoms with van der Waals surface area (Å²) in [5.41, 5.74) is 0.414. The van der Waals surface area contributed by atoms with Crippen LogP contribution in [-0.2, 0) is 0 Å². The van der Waals surface area contributed by atoms with Crippen LogP contribution in [0.3, 0.4) is 0 Å². The van der Waals surface area contributed by atoms with E-state index >= 15 is 0 Å². The third kappa shape index (κ3) is 5.71. The van der Waals surface area contributed by atoms with Crippen LogP contribution in [0.1, 0.15) is 59.8 Å². The smallest absolute Gasteiger partial charge is 0.00444 e. The maximum atomic E-state index is 3.61. The molecule has 0 bridgehead atoms. The third-order valence-corrected chi connectivity index (χ3v) is 4.49. The predicted molar refractivity (Wildman–Crippen MR) is 81.0 cm³/mol. The van der Waals surface area contributed by atoms with Crippen molar-refractivity contribution in [2.75, 3.05) is 26.7 Å². The molecule has 0 spiro atoms. The monoisotopic (exact) mass is 254 g/mol. The number of hydrogen-bond acceptors (Lipinski definition) is 2. The molecule has 0 saturated heterocycles. The van der Waals surface area contributed by atoms with Gasteiger partial charge in [0, 0.05) is 25.7 Å². The molecule has 1 fully saturated rings. The summed E-state index contributed by atoms with van der Waals surface area (Å²) < 4.78 is 0. The highest BCUT2D eigenvalue weighted by atomic mass is 15.1. The Labute approximate surface area is 115 Å². The Morgan fingerprint density at radius 1 is 1.28 bits per heavy atom. The van der Waals surface area contributed by atoms with E-state index in [4.69, 9.17) is 0 Å². The van der Waals surface area contributed by atoms with Crippen LogP contribution in [0.25, 0.3) is 0 Å². The number of nitrogens with zero attached hydrogens (tertiary/aromatic N) is 1. The van der Waals surface area contributed by atoms with Crippen molar-refractivity contribution in [3.63, 3.8) is 0 Å². The van der Waals surface area contributed by atoms with Gasteiger partial charge in [-0.05, 0) is 37.6 Å². The van der Waals surface area contributed by atoms with Gasteiger partial charge < -0.3 is 10.2 Å². The fraction of sp³-hybridized carbons (Fsp3) is 1.00. The van der Waals surface area contributed by atoms with Gasteiger partial charge in [0.1, 0.15) is 0 Å². The van der Waals surface area contributed by atoms with Crippen molar-refractivity contribution in [3.05, 3.63) is 0 Å². The fourth-order valence-electron chi connectivity index (χ4n) is 3.09. The lowest BCUT2D eigenvalue weighted by Crippen LogP contribution is -2.43. The molecule has 0 heterocycles. The first kappa shape index (κ1) is 16.0. The van der Waals surface area contributed by atoms with E-state index in [9.17, 15) is 0 Å². The minimum Gasteiger partial charge on any atom is -0.314 e. The number of hydrogen-bond donors (Lipinski definition) is 1. The second kappa shape index (κ2) is 7.49. The van der Waals surface area contributed by atoms with Crippen molar-refractivity contribution in [3.8, 4) is 0 Å². The quantitative estimate of drug-likeness (QED) is 0.713. The molecule has 1 aliphatic rings. The van der Waals surface area contributed by atoms with E-state index in [1.54, 1.807) is 0 Å². The molecule has 108 valence electrons. The average molecular weight is 254 g/mol. The van der Waals surface area contributed by atoms with Crippen molar-refractivity contribution in [1.82, 2.24) is 10.2 Å². The molecule has 2 nitrogen and oxygen atoms in total. The Bertz CT molecular complexity index is 221. The van der Waals surface area contributed by atoms with E-state index < -0.39 is 0 Å². The zero-order valence-corrected chi connectivity index (χ0v) is 13.3. The predicted octanol–water partition coefficient (Wildman–Crippen LogP) is 3.52. The van der Waals surface area contributed by atoms with E-state index in [1.165, 1.54) is 45.2 Å². The summed E-state index contributed by atoms with van der Waals surface area (Å²) >= 11 is 0. The summed E-state index contributed by atoms with van der Waals surface area (Å²) in [5.74, 6) is 0.967. The average Bonchev–Trinajstić information content (AvgIpc) is 2.79. The Hall–Kier alpha value is -0.0800. The summed E-state index contributed by atoms with van der Waals surface area (Å²) in [7, 11) is 2.31. The number of rotatable bonds is 8. The van der Waals surface area contributed by atoms with Crippen LogP contribution in [0.4, 0.5) is 0 Å². The molecule has 0 aromatic heterocycles. The van der Waals surface area contributed by atoms with Crippen molar-refractivity contribution in [2.24, 2.45) is 11.3 Å². The molecule has 2 heteroatoms. The van der Waals surface area contributed by atoms with Gasteiger partial charge in [-0.1, -0.05) is 40.5 Å². The molecule has 0 aromatic carbocycles. The van der Waals surface area contributed by atoms with Gasteiger partial charge in [0.15, 0.2) is 0 Å². The Balaban J connectivity index is 2.34. The molecule has 0 amide bonds. The van der Waals surface area contributed by atoms with E-state index in [2.05, 4.69) is 45.0 Å². The van der Waals surface area contributed by atoms with Crippen molar-refractivity contribution < 1.29 is 0 Å².